The fraction of sp³-hybridized carbons (Fsp3) is 0.818. The minimum atomic E-state index is -0.771. The number of hydrogen-bond acceptors (Lipinski definition) is 3. The second kappa shape index (κ2) is 5.84. The first-order valence-electron chi connectivity index (χ1n) is 5.71. The van der Waals surface area contributed by atoms with Crippen LogP contribution in [0.5, 0.6) is 0 Å². The molecule has 1 aliphatic rings. The van der Waals surface area contributed by atoms with Gasteiger partial charge in [0.1, 0.15) is 0 Å². The van der Waals surface area contributed by atoms with Crippen LogP contribution in [0.2, 0.25) is 0 Å². The van der Waals surface area contributed by atoms with E-state index in [0.717, 1.165) is 13.0 Å². The smallest absolute Gasteiger partial charge is 0.306 e. The van der Waals surface area contributed by atoms with Crippen molar-refractivity contribution in [3.05, 3.63) is 0 Å². The number of carboxylic acid groups (broad SMARTS) is 1. The van der Waals surface area contributed by atoms with Crippen molar-refractivity contribution in [1.29, 1.82) is 0 Å². The third kappa shape index (κ3) is 3.20. The molecule has 1 amide bonds. The molecule has 0 aromatic carbocycles. The summed E-state index contributed by atoms with van der Waals surface area (Å²) in [7, 11) is 1.86. The lowest BCUT2D eigenvalue weighted by Crippen LogP contribution is -2.53. The molecule has 92 valence electrons. The molecular formula is C11H20N2O3. The Kier molecular flexibility index (Phi) is 4.73. The summed E-state index contributed by atoms with van der Waals surface area (Å²) in [4.78, 5) is 24.0. The van der Waals surface area contributed by atoms with Gasteiger partial charge in [-0.05, 0) is 20.0 Å². The van der Waals surface area contributed by atoms with Gasteiger partial charge in [-0.1, -0.05) is 6.92 Å². The summed E-state index contributed by atoms with van der Waals surface area (Å²) >= 11 is 0. The minimum Gasteiger partial charge on any atom is -0.481 e. The fourth-order valence-electron chi connectivity index (χ4n) is 1.81. The van der Waals surface area contributed by atoms with Crippen LogP contribution in [0.4, 0.5) is 0 Å². The Bertz CT molecular complexity index is 262. The zero-order chi connectivity index (χ0) is 12.1. The van der Waals surface area contributed by atoms with Gasteiger partial charge in [-0.25, -0.2) is 0 Å². The number of carboxylic acids is 1. The minimum absolute atomic E-state index is 0.130. The molecule has 0 aromatic rings. The Morgan fingerprint density at radius 1 is 1.50 bits per heavy atom. The van der Waals surface area contributed by atoms with E-state index in [-0.39, 0.29) is 17.7 Å². The Labute approximate surface area is 95.8 Å². The van der Waals surface area contributed by atoms with Crippen molar-refractivity contribution in [2.75, 3.05) is 26.7 Å². The summed E-state index contributed by atoms with van der Waals surface area (Å²) in [5.41, 5.74) is 0. The molecule has 0 spiro atoms. The molecule has 5 nitrogen and oxygen atoms in total. The number of carbonyl (C=O) groups is 2. The van der Waals surface area contributed by atoms with Crippen molar-refractivity contribution in [2.45, 2.75) is 19.8 Å². The first-order valence-corrected chi connectivity index (χ1v) is 5.71. The van der Waals surface area contributed by atoms with E-state index in [1.165, 1.54) is 0 Å². The topological polar surface area (TPSA) is 69.6 Å². The highest BCUT2D eigenvalue weighted by atomic mass is 16.4. The zero-order valence-corrected chi connectivity index (χ0v) is 9.90. The molecule has 5 heteroatoms. The van der Waals surface area contributed by atoms with E-state index in [4.69, 9.17) is 5.11 Å². The van der Waals surface area contributed by atoms with Gasteiger partial charge in [0, 0.05) is 25.4 Å². The van der Waals surface area contributed by atoms with Crippen LogP contribution in [0.3, 0.4) is 0 Å². The normalized spacial score (nSPS) is 18.0. The number of aliphatic carboxylic acids is 1. The van der Waals surface area contributed by atoms with Gasteiger partial charge >= 0.3 is 5.97 Å². The van der Waals surface area contributed by atoms with Crippen LogP contribution in [0.25, 0.3) is 0 Å². The molecule has 1 fully saturated rings. The van der Waals surface area contributed by atoms with Crippen LogP contribution in [0, 0.1) is 11.8 Å². The first-order chi connectivity index (χ1) is 7.56. The average Bonchev–Trinajstić information content (AvgIpc) is 2.15. The summed E-state index contributed by atoms with van der Waals surface area (Å²) < 4.78 is 0. The summed E-state index contributed by atoms with van der Waals surface area (Å²) in [6, 6.07) is 0. The Morgan fingerprint density at radius 3 is 2.62 bits per heavy atom. The molecule has 0 aromatic heterocycles. The number of hydrogen-bond donors (Lipinski definition) is 2. The van der Waals surface area contributed by atoms with E-state index in [1.807, 2.05) is 7.05 Å². The van der Waals surface area contributed by atoms with Crippen molar-refractivity contribution >= 4 is 11.9 Å². The quantitative estimate of drug-likeness (QED) is 0.636. The van der Waals surface area contributed by atoms with Crippen LogP contribution in [0.1, 0.15) is 19.8 Å². The van der Waals surface area contributed by atoms with Crippen LogP contribution >= 0.6 is 0 Å². The lowest BCUT2D eigenvalue weighted by atomic mass is 9.87. The van der Waals surface area contributed by atoms with Gasteiger partial charge in [0.2, 0.25) is 5.91 Å². The molecule has 1 heterocycles. The van der Waals surface area contributed by atoms with Gasteiger partial charge in [0.25, 0.3) is 0 Å². The Balaban J connectivity index is 2.20. The van der Waals surface area contributed by atoms with Gasteiger partial charge in [0.05, 0.1) is 5.92 Å². The lowest BCUT2D eigenvalue weighted by Gasteiger charge is -2.41. The molecule has 0 bridgehead atoms. The number of carbonyl (C=O) groups excluding carboxylic acids is 1. The van der Waals surface area contributed by atoms with Gasteiger partial charge in [-0.2, -0.15) is 0 Å². The Hall–Kier alpha value is -1.10. The third-order valence-corrected chi connectivity index (χ3v) is 3.18. The SMILES string of the molecule is CNCCCC(=O)N1CC(C(C)C(=O)O)C1. The van der Waals surface area contributed by atoms with Crippen LogP contribution < -0.4 is 5.32 Å². The predicted octanol–water partition coefficient (Wildman–Crippen LogP) is 0.165. The van der Waals surface area contributed by atoms with Crippen LogP contribution in [0.15, 0.2) is 0 Å². The highest BCUT2D eigenvalue weighted by Crippen LogP contribution is 2.24. The fourth-order valence-corrected chi connectivity index (χ4v) is 1.81. The number of nitrogens with one attached hydrogen (secondary N) is 1. The maximum atomic E-state index is 11.6. The summed E-state index contributed by atoms with van der Waals surface area (Å²) in [5.74, 6) is -0.844. The summed E-state index contributed by atoms with van der Waals surface area (Å²) in [6.07, 6.45) is 1.39. The number of amides is 1. The standard InChI is InChI=1S/C11H20N2O3/c1-8(11(15)16)9-6-13(7-9)10(14)4-3-5-12-2/h8-9,12H,3-7H2,1-2H3,(H,15,16). The van der Waals surface area contributed by atoms with Crippen molar-refractivity contribution in [3.8, 4) is 0 Å². The lowest BCUT2D eigenvalue weighted by molar-refractivity contribution is -0.150. The van der Waals surface area contributed by atoms with Gasteiger partial charge in [-0.15, -0.1) is 0 Å². The highest BCUT2D eigenvalue weighted by molar-refractivity contribution is 5.77. The maximum absolute atomic E-state index is 11.6. The van der Waals surface area contributed by atoms with Crippen LogP contribution in [-0.4, -0.2) is 48.6 Å². The summed E-state index contributed by atoms with van der Waals surface area (Å²) in [5, 5.41) is 11.8. The molecule has 1 aliphatic heterocycles. The van der Waals surface area contributed by atoms with E-state index in [9.17, 15) is 9.59 Å². The molecule has 0 aliphatic carbocycles. The molecule has 1 unspecified atom stereocenters. The number of likely N-dealkylation sites (tertiary alicyclic amines) is 1. The molecule has 1 rings (SSSR count). The highest BCUT2D eigenvalue weighted by Gasteiger charge is 2.36. The van der Waals surface area contributed by atoms with Gasteiger partial charge in [-0.3, -0.25) is 9.59 Å². The number of nitrogens with zero attached hydrogens (tertiary/aromatic N) is 1. The largest absolute Gasteiger partial charge is 0.481 e. The monoisotopic (exact) mass is 228 g/mol. The molecular weight excluding hydrogens is 208 g/mol. The molecule has 1 saturated heterocycles. The van der Waals surface area contributed by atoms with Gasteiger partial charge in [0.15, 0.2) is 0 Å². The average molecular weight is 228 g/mol. The second-order valence-corrected chi connectivity index (χ2v) is 4.39. The van der Waals surface area contributed by atoms with Crippen molar-refractivity contribution < 1.29 is 14.7 Å². The van der Waals surface area contributed by atoms with E-state index in [1.54, 1.807) is 11.8 Å². The molecule has 1 atom stereocenters. The summed E-state index contributed by atoms with van der Waals surface area (Å²) in [6.45, 7) is 3.75. The van der Waals surface area contributed by atoms with Gasteiger partial charge < -0.3 is 15.3 Å². The van der Waals surface area contributed by atoms with E-state index in [2.05, 4.69) is 5.32 Å². The van der Waals surface area contributed by atoms with Crippen LogP contribution in [-0.2, 0) is 9.59 Å². The van der Waals surface area contributed by atoms with E-state index >= 15 is 0 Å². The van der Waals surface area contributed by atoms with E-state index < -0.39 is 5.97 Å². The zero-order valence-electron chi connectivity index (χ0n) is 9.90. The maximum Gasteiger partial charge on any atom is 0.306 e. The molecule has 16 heavy (non-hydrogen) atoms. The molecule has 2 N–H and O–H groups in total. The second-order valence-electron chi connectivity index (χ2n) is 4.39. The predicted molar refractivity (Wildman–Crippen MR) is 60.0 cm³/mol. The van der Waals surface area contributed by atoms with Crippen molar-refractivity contribution in [3.63, 3.8) is 0 Å². The van der Waals surface area contributed by atoms with Crippen molar-refractivity contribution in [2.24, 2.45) is 11.8 Å². The van der Waals surface area contributed by atoms with Crippen molar-refractivity contribution in [1.82, 2.24) is 10.2 Å². The third-order valence-electron chi connectivity index (χ3n) is 3.18. The number of rotatable bonds is 6. The molecule has 0 radical (unpaired) electrons. The molecule has 0 saturated carbocycles. The van der Waals surface area contributed by atoms with E-state index in [0.29, 0.717) is 19.5 Å². The Morgan fingerprint density at radius 2 is 2.12 bits per heavy atom. The first kappa shape index (κ1) is 13.0.